The fraction of sp³-hybridized carbons (Fsp3) is 0.375. The molecule has 0 atom stereocenters. The van der Waals surface area contributed by atoms with E-state index in [1.54, 1.807) is 11.8 Å². The van der Waals surface area contributed by atoms with Crippen LogP contribution in [0.25, 0.3) is 5.69 Å². The second-order valence-electron chi connectivity index (χ2n) is 8.33. The van der Waals surface area contributed by atoms with Gasteiger partial charge in [0, 0.05) is 31.9 Å². The molecule has 11 heteroatoms. The van der Waals surface area contributed by atoms with Crippen LogP contribution in [0.3, 0.4) is 0 Å². The van der Waals surface area contributed by atoms with E-state index >= 15 is 0 Å². The molecule has 0 saturated carbocycles. The van der Waals surface area contributed by atoms with Crippen molar-refractivity contribution in [2.45, 2.75) is 19.0 Å². The van der Waals surface area contributed by atoms with Crippen LogP contribution >= 0.6 is 11.8 Å². The number of carbonyl (C=O) groups excluding carboxylic acids is 2. The van der Waals surface area contributed by atoms with E-state index in [0.29, 0.717) is 37.9 Å². The molecular weight excluding hydrogens is 466 g/mol. The Labute approximate surface area is 208 Å². The monoisotopic (exact) mass is 495 g/mol. The summed E-state index contributed by atoms with van der Waals surface area (Å²) < 4.78 is 6.79. The van der Waals surface area contributed by atoms with Crippen molar-refractivity contribution in [3.8, 4) is 11.4 Å². The number of aryl methyl sites for hydroxylation is 2. The maximum absolute atomic E-state index is 12.8. The number of aromatic nitrogens is 4. The Balaban J connectivity index is 1.24. The number of carbonyl (C=O) groups is 2. The van der Waals surface area contributed by atoms with Crippen molar-refractivity contribution < 1.29 is 14.3 Å². The van der Waals surface area contributed by atoms with Crippen LogP contribution in [0.15, 0.2) is 47.6 Å². The minimum atomic E-state index is -0.0388. The number of piperazine rings is 1. The Kier molecular flexibility index (Phi) is 7.98. The molecule has 3 aromatic rings. The number of benzene rings is 2. The highest BCUT2D eigenvalue weighted by Crippen LogP contribution is 2.21. The Morgan fingerprint density at radius 2 is 1.71 bits per heavy atom. The SMILES string of the molecule is COc1ccc(-n2nnnc2SCC(=O)N2CCN(CC(=O)Nc3c(C)cccc3C)CC2)cc1. The van der Waals surface area contributed by atoms with E-state index in [1.807, 2.05) is 61.2 Å². The molecule has 2 aromatic carbocycles. The van der Waals surface area contributed by atoms with Gasteiger partial charge in [0.25, 0.3) is 0 Å². The number of hydrogen-bond donors (Lipinski definition) is 1. The highest BCUT2D eigenvalue weighted by molar-refractivity contribution is 7.99. The van der Waals surface area contributed by atoms with E-state index in [-0.39, 0.29) is 17.6 Å². The molecule has 35 heavy (non-hydrogen) atoms. The summed E-state index contributed by atoms with van der Waals surface area (Å²) in [5.41, 5.74) is 3.76. The third-order valence-corrected chi connectivity index (χ3v) is 6.82. The lowest BCUT2D eigenvalue weighted by atomic mass is 10.1. The van der Waals surface area contributed by atoms with Crippen molar-refractivity contribution in [2.75, 3.05) is 50.9 Å². The Morgan fingerprint density at radius 1 is 1.03 bits per heavy atom. The first kappa shape index (κ1) is 24.7. The summed E-state index contributed by atoms with van der Waals surface area (Å²) >= 11 is 1.30. The zero-order chi connectivity index (χ0) is 24.8. The lowest BCUT2D eigenvalue weighted by Crippen LogP contribution is -2.51. The fourth-order valence-corrected chi connectivity index (χ4v) is 4.71. The quantitative estimate of drug-likeness (QED) is 0.474. The first-order valence-electron chi connectivity index (χ1n) is 11.4. The first-order chi connectivity index (χ1) is 16.9. The zero-order valence-electron chi connectivity index (χ0n) is 20.1. The van der Waals surface area contributed by atoms with Gasteiger partial charge in [0.15, 0.2) is 0 Å². The van der Waals surface area contributed by atoms with Gasteiger partial charge in [-0.25, -0.2) is 0 Å². The average molecular weight is 496 g/mol. The zero-order valence-corrected chi connectivity index (χ0v) is 20.9. The van der Waals surface area contributed by atoms with Gasteiger partial charge >= 0.3 is 0 Å². The van der Waals surface area contributed by atoms with Gasteiger partial charge in [-0.15, -0.1) is 5.10 Å². The van der Waals surface area contributed by atoms with E-state index in [0.717, 1.165) is 28.3 Å². The van der Waals surface area contributed by atoms with E-state index < -0.39 is 0 Å². The highest BCUT2D eigenvalue weighted by Gasteiger charge is 2.23. The molecule has 1 fully saturated rings. The van der Waals surface area contributed by atoms with Gasteiger partial charge in [-0.1, -0.05) is 30.0 Å². The number of rotatable bonds is 8. The Morgan fingerprint density at radius 3 is 2.37 bits per heavy atom. The molecule has 0 spiro atoms. The number of thioether (sulfide) groups is 1. The maximum Gasteiger partial charge on any atom is 0.238 e. The molecule has 1 aromatic heterocycles. The predicted molar refractivity (Wildman–Crippen MR) is 134 cm³/mol. The number of ether oxygens (including phenoxy) is 1. The summed E-state index contributed by atoms with van der Waals surface area (Å²) in [5.74, 6) is 0.971. The van der Waals surface area contributed by atoms with E-state index in [1.165, 1.54) is 11.8 Å². The van der Waals surface area contributed by atoms with Crippen molar-refractivity contribution in [2.24, 2.45) is 0 Å². The van der Waals surface area contributed by atoms with Crippen molar-refractivity contribution in [3.05, 3.63) is 53.6 Å². The first-order valence-corrected chi connectivity index (χ1v) is 12.3. The summed E-state index contributed by atoms with van der Waals surface area (Å²) in [5, 5.41) is 15.4. The topological polar surface area (TPSA) is 105 Å². The van der Waals surface area contributed by atoms with Crippen LogP contribution in [0.1, 0.15) is 11.1 Å². The number of para-hydroxylation sites is 1. The molecule has 0 unspecified atom stereocenters. The smallest absolute Gasteiger partial charge is 0.238 e. The number of amides is 2. The number of nitrogens with one attached hydrogen (secondary N) is 1. The lowest BCUT2D eigenvalue weighted by Gasteiger charge is -2.34. The van der Waals surface area contributed by atoms with Gasteiger partial charge < -0.3 is 15.0 Å². The van der Waals surface area contributed by atoms with Gasteiger partial charge in [-0.3, -0.25) is 14.5 Å². The third kappa shape index (κ3) is 6.17. The number of hydrogen-bond acceptors (Lipinski definition) is 8. The van der Waals surface area contributed by atoms with Crippen molar-refractivity contribution in [3.63, 3.8) is 0 Å². The fourth-order valence-electron chi connectivity index (χ4n) is 3.92. The number of tetrazole rings is 1. The number of methoxy groups -OCH3 is 1. The van der Waals surface area contributed by atoms with Crippen LogP contribution in [0, 0.1) is 13.8 Å². The summed E-state index contributed by atoms with van der Waals surface area (Å²) in [6, 6.07) is 13.3. The molecule has 2 amide bonds. The lowest BCUT2D eigenvalue weighted by molar-refractivity contribution is -0.130. The molecule has 1 aliphatic heterocycles. The molecule has 4 rings (SSSR count). The standard InChI is InChI=1S/C24H29N7O3S/c1-17-5-4-6-18(2)23(17)25-21(32)15-29-11-13-30(14-12-29)22(33)16-35-24-26-27-28-31(24)19-7-9-20(34-3)10-8-19/h4-10H,11-16H2,1-3H3,(H,25,32). The van der Waals surface area contributed by atoms with Crippen LogP contribution in [0.4, 0.5) is 5.69 Å². The van der Waals surface area contributed by atoms with Crippen LogP contribution in [-0.2, 0) is 9.59 Å². The second-order valence-corrected chi connectivity index (χ2v) is 9.27. The largest absolute Gasteiger partial charge is 0.497 e. The van der Waals surface area contributed by atoms with Crippen LogP contribution in [0.5, 0.6) is 5.75 Å². The third-order valence-electron chi connectivity index (χ3n) is 5.92. The van der Waals surface area contributed by atoms with E-state index in [9.17, 15) is 9.59 Å². The van der Waals surface area contributed by atoms with Gasteiger partial charge in [-0.05, 0) is 59.7 Å². The van der Waals surface area contributed by atoms with Crippen molar-refractivity contribution >= 4 is 29.3 Å². The summed E-state index contributed by atoms with van der Waals surface area (Å²) in [7, 11) is 1.61. The molecule has 1 N–H and O–H groups in total. The van der Waals surface area contributed by atoms with Crippen molar-refractivity contribution in [1.29, 1.82) is 0 Å². The minimum Gasteiger partial charge on any atom is -0.497 e. The molecule has 1 aliphatic rings. The summed E-state index contributed by atoms with van der Waals surface area (Å²) in [6.07, 6.45) is 0. The van der Waals surface area contributed by atoms with Gasteiger partial charge in [0.05, 0.1) is 25.1 Å². The normalized spacial score (nSPS) is 14.1. The summed E-state index contributed by atoms with van der Waals surface area (Å²) in [4.78, 5) is 29.2. The second kappa shape index (κ2) is 11.3. The predicted octanol–water partition coefficient (Wildman–Crippen LogP) is 2.16. The average Bonchev–Trinajstić information content (AvgIpc) is 3.34. The van der Waals surface area contributed by atoms with E-state index in [4.69, 9.17) is 4.74 Å². The van der Waals surface area contributed by atoms with Crippen molar-refractivity contribution in [1.82, 2.24) is 30.0 Å². The molecule has 10 nitrogen and oxygen atoms in total. The Hall–Kier alpha value is -3.44. The number of anilines is 1. The molecule has 0 bridgehead atoms. The van der Waals surface area contributed by atoms with Gasteiger partial charge in [0.2, 0.25) is 17.0 Å². The van der Waals surface area contributed by atoms with Gasteiger partial charge in [0.1, 0.15) is 5.75 Å². The Bertz CT molecular complexity index is 1150. The van der Waals surface area contributed by atoms with Crippen LogP contribution in [0.2, 0.25) is 0 Å². The van der Waals surface area contributed by atoms with Crippen LogP contribution < -0.4 is 10.1 Å². The summed E-state index contributed by atoms with van der Waals surface area (Å²) in [6.45, 7) is 6.75. The maximum atomic E-state index is 12.8. The van der Waals surface area contributed by atoms with Crippen LogP contribution in [-0.4, -0.2) is 87.4 Å². The molecule has 184 valence electrons. The minimum absolute atomic E-state index is 0.0268. The molecule has 0 radical (unpaired) electrons. The van der Waals surface area contributed by atoms with Gasteiger partial charge in [-0.2, -0.15) is 4.68 Å². The highest BCUT2D eigenvalue weighted by atomic mass is 32.2. The molecule has 1 saturated heterocycles. The molecular formula is C24H29N7O3S. The van der Waals surface area contributed by atoms with E-state index in [2.05, 4.69) is 25.7 Å². The molecule has 0 aliphatic carbocycles. The molecule has 2 heterocycles. The number of nitrogens with zero attached hydrogens (tertiary/aromatic N) is 6.